The quantitative estimate of drug-likeness (QED) is 0.480. The molecular weight excluding hydrogens is 462 g/mol. The van der Waals surface area contributed by atoms with Gasteiger partial charge in [-0.15, -0.1) is 0 Å². The molecule has 1 saturated heterocycles. The number of nitrogens with zero attached hydrogens (tertiary/aromatic N) is 3. The Morgan fingerprint density at radius 3 is 2.14 bits per heavy atom. The summed E-state index contributed by atoms with van der Waals surface area (Å²) in [6.45, 7) is 5.00. The smallest absolute Gasteiger partial charge is 0.264 e. The molecule has 0 saturated carbocycles. The monoisotopic (exact) mass is 493 g/mol. The second-order valence-electron chi connectivity index (χ2n) is 8.62. The van der Waals surface area contributed by atoms with E-state index in [-0.39, 0.29) is 17.3 Å². The van der Waals surface area contributed by atoms with Crippen molar-refractivity contribution in [3.63, 3.8) is 0 Å². The van der Waals surface area contributed by atoms with Gasteiger partial charge in [-0.3, -0.25) is 14.0 Å². The molecule has 1 aliphatic rings. The minimum atomic E-state index is -3.97. The Morgan fingerprint density at radius 2 is 1.54 bits per heavy atom. The van der Waals surface area contributed by atoms with Crippen LogP contribution in [0.25, 0.3) is 0 Å². The first-order valence-electron chi connectivity index (χ1n) is 11.6. The molecular formula is C27H31N3O4S. The van der Waals surface area contributed by atoms with E-state index in [1.54, 1.807) is 55.3 Å². The number of carbonyl (C=O) groups is 1. The van der Waals surface area contributed by atoms with Gasteiger partial charge in [0.15, 0.2) is 0 Å². The van der Waals surface area contributed by atoms with Crippen molar-refractivity contribution in [3.8, 4) is 5.75 Å². The molecule has 1 heterocycles. The fraction of sp³-hybridized carbons (Fsp3) is 0.296. The summed E-state index contributed by atoms with van der Waals surface area (Å²) in [7, 11) is -2.42. The minimum Gasteiger partial charge on any atom is -0.496 e. The zero-order valence-electron chi connectivity index (χ0n) is 20.1. The van der Waals surface area contributed by atoms with Crippen LogP contribution in [0.5, 0.6) is 5.75 Å². The Labute approximate surface area is 207 Å². The average Bonchev–Trinajstić information content (AvgIpc) is 2.88. The summed E-state index contributed by atoms with van der Waals surface area (Å²) in [5.41, 5.74) is 2.41. The summed E-state index contributed by atoms with van der Waals surface area (Å²) in [5, 5.41) is 0. The lowest BCUT2D eigenvalue weighted by Crippen LogP contribution is -2.51. The number of methoxy groups -OCH3 is 1. The maximum absolute atomic E-state index is 13.7. The molecule has 3 aromatic rings. The molecule has 35 heavy (non-hydrogen) atoms. The number of amides is 1. The van der Waals surface area contributed by atoms with Gasteiger partial charge in [0.1, 0.15) is 12.3 Å². The number of aryl methyl sites for hydroxylation is 1. The molecule has 3 aromatic carbocycles. The summed E-state index contributed by atoms with van der Waals surface area (Å²) >= 11 is 0. The molecule has 1 amide bonds. The van der Waals surface area contributed by atoms with Crippen LogP contribution < -0.4 is 9.04 Å². The van der Waals surface area contributed by atoms with Crippen LogP contribution in [0.4, 0.5) is 5.69 Å². The zero-order chi connectivity index (χ0) is 24.8. The minimum absolute atomic E-state index is 0.125. The van der Waals surface area contributed by atoms with E-state index in [9.17, 15) is 13.2 Å². The van der Waals surface area contributed by atoms with Crippen molar-refractivity contribution in [2.75, 3.05) is 44.1 Å². The van der Waals surface area contributed by atoms with Crippen molar-refractivity contribution in [2.24, 2.45) is 0 Å². The fourth-order valence-electron chi connectivity index (χ4n) is 4.27. The number of para-hydroxylation sites is 1. The summed E-state index contributed by atoms with van der Waals surface area (Å²) in [6.07, 6.45) is 0. The highest BCUT2D eigenvalue weighted by Crippen LogP contribution is 2.27. The van der Waals surface area contributed by atoms with Crippen LogP contribution in [0, 0.1) is 6.92 Å². The lowest BCUT2D eigenvalue weighted by atomic mass is 10.2. The van der Waals surface area contributed by atoms with Crippen molar-refractivity contribution in [1.29, 1.82) is 0 Å². The highest BCUT2D eigenvalue weighted by Gasteiger charge is 2.30. The van der Waals surface area contributed by atoms with E-state index in [0.717, 1.165) is 19.6 Å². The molecule has 0 radical (unpaired) electrons. The zero-order valence-corrected chi connectivity index (χ0v) is 20.9. The Balaban J connectivity index is 1.49. The predicted molar refractivity (Wildman–Crippen MR) is 137 cm³/mol. The summed E-state index contributed by atoms with van der Waals surface area (Å²) in [4.78, 5) is 17.5. The molecule has 0 N–H and O–H groups in total. The summed E-state index contributed by atoms with van der Waals surface area (Å²) in [6, 6.07) is 23.8. The number of benzene rings is 3. The Bertz CT molecular complexity index is 1240. The number of hydrogen-bond acceptors (Lipinski definition) is 5. The van der Waals surface area contributed by atoms with E-state index >= 15 is 0 Å². The number of piperazine rings is 1. The van der Waals surface area contributed by atoms with Gasteiger partial charge >= 0.3 is 0 Å². The summed E-state index contributed by atoms with van der Waals surface area (Å²) < 4.78 is 33.8. The van der Waals surface area contributed by atoms with Crippen molar-refractivity contribution in [2.45, 2.75) is 18.4 Å². The Hall–Kier alpha value is -3.36. The lowest BCUT2D eigenvalue weighted by Gasteiger charge is -2.36. The Morgan fingerprint density at radius 1 is 0.914 bits per heavy atom. The van der Waals surface area contributed by atoms with Crippen LogP contribution in [0.1, 0.15) is 11.1 Å². The van der Waals surface area contributed by atoms with E-state index in [1.807, 2.05) is 24.3 Å². The molecule has 184 valence electrons. The maximum Gasteiger partial charge on any atom is 0.264 e. The highest BCUT2D eigenvalue weighted by atomic mass is 32.2. The van der Waals surface area contributed by atoms with Crippen LogP contribution in [0.15, 0.2) is 83.8 Å². The van der Waals surface area contributed by atoms with Crippen LogP contribution >= 0.6 is 0 Å². The first kappa shape index (κ1) is 24.8. The van der Waals surface area contributed by atoms with Crippen molar-refractivity contribution in [3.05, 3.63) is 90.0 Å². The summed E-state index contributed by atoms with van der Waals surface area (Å²) in [5.74, 6) is 0.404. The first-order valence-corrected chi connectivity index (χ1v) is 13.1. The van der Waals surface area contributed by atoms with Gasteiger partial charge in [-0.25, -0.2) is 8.42 Å². The molecule has 8 heteroatoms. The Kier molecular flexibility index (Phi) is 7.73. The van der Waals surface area contributed by atoms with Gasteiger partial charge in [0.2, 0.25) is 5.91 Å². The topological polar surface area (TPSA) is 70.2 Å². The molecule has 7 nitrogen and oxygen atoms in total. The third-order valence-corrected chi connectivity index (χ3v) is 8.02. The SMILES string of the molecule is COc1ccc(S(=O)(=O)N(CC(=O)N2CCN(Cc3ccccc3)CC2)c2ccccc2)cc1C. The molecule has 0 spiro atoms. The van der Waals surface area contributed by atoms with Gasteiger partial charge in [-0.05, 0) is 48.4 Å². The normalized spacial score (nSPS) is 14.5. The molecule has 0 aliphatic carbocycles. The highest BCUT2D eigenvalue weighted by molar-refractivity contribution is 7.92. The molecule has 0 unspecified atom stereocenters. The van der Waals surface area contributed by atoms with Crippen molar-refractivity contribution in [1.82, 2.24) is 9.80 Å². The molecule has 0 atom stereocenters. The second kappa shape index (κ2) is 10.9. The number of hydrogen-bond donors (Lipinski definition) is 0. The van der Waals surface area contributed by atoms with Gasteiger partial charge in [-0.2, -0.15) is 0 Å². The van der Waals surface area contributed by atoms with Gasteiger partial charge < -0.3 is 9.64 Å². The number of carbonyl (C=O) groups excluding carboxylic acids is 1. The van der Waals surface area contributed by atoms with Crippen LogP contribution in [-0.4, -0.2) is 64.0 Å². The predicted octanol–water partition coefficient (Wildman–Crippen LogP) is 3.54. The fourth-order valence-corrected chi connectivity index (χ4v) is 5.77. The van der Waals surface area contributed by atoms with E-state index in [0.29, 0.717) is 30.1 Å². The lowest BCUT2D eigenvalue weighted by molar-refractivity contribution is -0.131. The largest absolute Gasteiger partial charge is 0.496 e. The number of sulfonamides is 1. The molecule has 1 aliphatic heterocycles. The third-order valence-electron chi connectivity index (χ3n) is 6.25. The van der Waals surface area contributed by atoms with Crippen molar-refractivity contribution < 1.29 is 17.9 Å². The molecule has 0 aromatic heterocycles. The maximum atomic E-state index is 13.7. The number of anilines is 1. The number of ether oxygens (including phenoxy) is 1. The molecule has 1 fully saturated rings. The van der Waals surface area contributed by atoms with E-state index in [1.165, 1.54) is 15.9 Å². The van der Waals surface area contributed by atoms with Crippen LogP contribution in [-0.2, 0) is 21.4 Å². The first-order chi connectivity index (χ1) is 16.9. The third kappa shape index (κ3) is 5.83. The van der Waals surface area contributed by atoms with E-state index in [2.05, 4.69) is 17.0 Å². The van der Waals surface area contributed by atoms with Crippen LogP contribution in [0.3, 0.4) is 0 Å². The second-order valence-corrected chi connectivity index (χ2v) is 10.5. The molecule has 0 bridgehead atoms. The van der Waals surface area contributed by atoms with Gasteiger partial charge in [-0.1, -0.05) is 48.5 Å². The van der Waals surface area contributed by atoms with E-state index < -0.39 is 10.0 Å². The van der Waals surface area contributed by atoms with Gasteiger partial charge in [0.25, 0.3) is 10.0 Å². The standard InChI is InChI=1S/C27H31N3O4S/c1-22-19-25(13-14-26(22)34-2)35(32,33)30(24-11-7-4-8-12-24)21-27(31)29-17-15-28(16-18-29)20-23-9-5-3-6-10-23/h3-14,19H,15-18,20-21H2,1-2H3. The molecule has 4 rings (SSSR count). The van der Waals surface area contributed by atoms with Crippen LogP contribution in [0.2, 0.25) is 0 Å². The van der Waals surface area contributed by atoms with Gasteiger partial charge in [0.05, 0.1) is 17.7 Å². The van der Waals surface area contributed by atoms with E-state index in [4.69, 9.17) is 4.74 Å². The average molecular weight is 494 g/mol. The van der Waals surface area contributed by atoms with Crippen molar-refractivity contribution >= 4 is 21.6 Å². The van der Waals surface area contributed by atoms with Gasteiger partial charge in [0, 0.05) is 32.7 Å². The number of rotatable bonds is 8.